The van der Waals surface area contributed by atoms with Crippen LogP contribution in [0.15, 0.2) is 30.4 Å². The van der Waals surface area contributed by atoms with Crippen molar-refractivity contribution >= 4 is 41.8 Å². The van der Waals surface area contributed by atoms with Gasteiger partial charge >= 0.3 is 18.1 Å². The van der Waals surface area contributed by atoms with Crippen LogP contribution in [0.3, 0.4) is 0 Å². The van der Waals surface area contributed by atoms with E-state index in [9.17, 15) is 51.8 Å². The smallest absolute Gasteiger partial charge is 0.471 e. The summed E-state index contributed by atoms with van der Waals surface area (Å²) < 4.78 is 42.1. The second-order valence-corrected chi connectivity index (χ2v) is 8.99. The summed E-state index contributed by atoms with van der Waals surface area (Å²) in [5.74, 6) is -6.52. The number of nitrogens with one attached hydrogen (secondary N) is 2. The van der Waals surface area contributed by atoms with Crippen LogP contribution in [0.5, 0.6) is 11.5 Å². The maximum atomic E-state index is 12.7. The van der Waals surface area contributed by atoms with Crippen LogP contribution < -0.4 is 15.5 Å². The molecule has 14 nitrogen and oxygen atoms in total. The van der Waals surface area contributed by atoms with E-state index in [2.05, 4.69) is 10.3 Å². The Morgan fingerprint density at radius 2 is 1.65 bits per heavy atom. The SMILES string of the molecule is O=Cc1ccc(OCCCCC(=O)NN(CC(=O)ON2C(=O)C=CC2=O)C(=O)CCCCCNC(=O)C(F)(F)F)cc1O. The van der Waals surface area contributed by atoms with E-state index in [1.165, 1.54) is 18.2 Å². The van der Waals surface area contributed by atoms with E-state index in [1.54, 1.807) is 5.32 Å². The number of amides is 5. The number of aromatic hydroxyl groups is 1. The van der Waals surface area contributed by atoms with Gasteiger partial charge in [0.2, 0.25) is 11.8 Å². The van der Waals surface area contributed by atoms with Gasteiger partial charge in [0.1, 0.15) is 18.0 Å². The molecule has 0 saturated carbocycles. The number of unbranched alkanes of at least 4 members (excludes halogenated alkanes) is 3. The highest BCUT2D eigenvalue weighted by atomic mass is 19.4. The third kappa shape index (κ3) is 11.8. The van der Waals surface area contributed by atoms with E-state index in [0.29, 0.717) is 23.5 Å². The number of hydrogen-bond donors (Lipinski definition) is 3. The Bertz CT molecular complexity index is 1230. The lowest BCUT2D eigenvalue weighted by Crippen LogP contribution is -2.50. The predicted molar refractivity (Wildman–Crippen MR) is 137 cm³/mol. The fourth-order valence-electron chi connectivity index (χ4n) is 3.44. The summed E-state index contributed by atoms with van der Waals surface area (Å²) in [4.78, 5) is 87.0. The Morgan fingerprint density at radius 1 is 0.977 bits per heavy atom. The van der Waals surface area contributed by atoms with Crippen molar-refractivity contribution in [2.24, 2.45) is 0 Å². The van der Waals surface area contributed by atoms with Gasteiger partial charge in [-0.05, 0) is 37.8 Å². The minimum absolute atomic E-state index is 0.0942. The van der Waals surface area contributed by atoms with Gasteiger partial charge in [-0.3, -0.25) is 34.2 Å². The summed E-state index contributed by atoms with van der Waals surface area (Å²) in [6, 6.07) is 4.12. The highest BCUT2D eigenvalue weighted by Crippen LogP contribution is 2.22. The van der Waals surface area contributed by atoms with Gasteiger partial charge in [0.25, 0.3) is 11.8 Å². The van der Waals surface area contributed by atoms with E-state index < -0.39 is 48.2 Å². The summed E-state index contributed by atoms with van der Waals surface area (Å²) in [7, 11) is 0. The molecule has 17 heteroatoms. The number of phenolic OH excluding ortho intramolecular Hbond substituents is 1. The van der Waals surface area contributed by atoms with Crippen molar-refractivity contribution in [3.05, 3.63) is 35.9 Å². The van der Waals surface area contributed by atoms with Crippen LogP contribution in [0.1, 0.15) is 55.3 Å². The highest BCUT2D eigenvalue weighted by molar-refractivity contribution is 6.12. The van der Waals surface area contributed by atoms with Gasteiger partial charge in [-0.25, -0.2) is 9.80 Å². The first-order valence-electron chi connectivity index (χ1n) is 12.9. The van der Waals surface area contributed by atoms with Crippen molar-refractivity contribution in [1.82, 2.24) is 20.8 Å². The van der Waals surface area contributed by atoms with Gasteiger partial charge in [0, 0.05) is 37.6 Å². The van der Waals surface area contributed by atoms with Crippen molar-refractivity contribution < 1.29 is 61.4 Å². The molecule has 1 aliphatic heterocycles. The second-order valence-electron chi connectivity index (χ2n) is 8.99. The number of ether oxygens (including phenoxy) is 1. The Kier molecular flexibility index (Phi) is 13.1. The van der Waals surface area contributed by atoms with E-state index in [1.807, 2.05) is 0 Å². The van der Waals surface area contributed by atoms with Crippen molar-refractivity contribution in [3.63, 3.8) is 0 Å². The molecule has 1 aliphatic rings. The van der Waals surface area contributed by atoms with Gasteiger partial charge in [-0.15, -0.1) is 0 Å². The van der Waals surface area contributed by atoms with Crippen LogP contribution in [-0.2, 0) is 33.6 Å². The fraction of sp³-hybridized carbons (Fsp3) is 0.423. The van der Waals surface area contributed by atoms with Gasteiger partial charge in [-0.1, -0.05) is 11.5 Å². The zero-order chi connectivity index (χ0) is 32.0. The molecule has 1 heterocycles. The number of carbonyl (C=O) groups is 7. The number of carbonyl (C=O) groups excluding carboxylic acids is 7. The number of imide groups is 1. The number of nitrogens with zero attached hydrogens (tertiary/aromatic N) is 2. The maximum Gasteiger partial charge on any atom is 0.471 e. The molecule has 0 radical (unpaired) electrons. The van der Waals surface area contributed by atoms with Crippen LogP contribution in [0.4, 0.5) is 13.2 Å². The average Bonchev–Trinajstić information content (AvgIpc) is 3.25. The Hall–Kier alpha value is -4.96. The Labute approximate surface area is 242 Å². The number of hydrogen-bond acceptors (Lipinski definition) is 10. The second kappa shape index (κ2) is 16.5. The van der Waals surface area contributed by atoms with E-state index >= 15 is 0 Å². The summed E-state index contributed by atoms with van der Waals surface area (Å²) in [5, 5.41) is 12.2. The number of alkyl halides is 3. The standard InChI is InChI=1S/C26H29F3N4O10/c27-26(28,29)25(41)30-12-4-1-2-7-21(37)32(15-24(40)43-33-22(38)10-11-23(33)39)31-20(36)6-3-5-13-42-18-9-8-17(16-34)19(35)14-18/h8-11,14,16,35H,1-7,12-13,15H2,(H,30,41)(H,31,36). The average molecular weight is 615 g/mol. The zero-order valence-electron chi connectivity index (χ0n) is 22.7. The zero-order valence-corrected chi connectivity index (χ0v) is 22.7. The van der Waals surface area contributed by atoms with E-state index in [-0.39, 0.29) is 68.1 Å². The molecular formula is C26H29F3N4O10. The number of halogens is 3. The lowest BCUT2D eigenvalue weighted by Gasteiger charge is -2.23. The molecule has 0 bridgehead atoms. The van der Waals surface area contributed by atoms with Crippen LogP contribution in [0.25, 0.3) is 0 Å². The molecule has 0 unspecified atom stereocenters. The summed E-state index contributed by atoms with van der Waals surface area (Å²) in [6.45, 7) is -0.996. The molecule has 2 rings (SSSR count). The number of benzene rings is 1. The number of aldehydes is 1. The number of hydroxylamine groups is 2. The minimum atomic E-state index is -5.01. The largest absolute Gasteiger partial charge is 0.507 e. The molecule has 0 aromatic heterocycles. The third-order valence-electron chi connectivity index (χ3n) is 5.62. The van der Waals surface area contributed by atoms with Crippen molar-refractivity contribution in [3.8, 4) is 11.5 Å². The van der Waals surface area contributed by atoms with Crippen LogP contribution >= 0.6 is 0 Å². The minimum Gasteiger partial charge on any atom is -0.507 e. The first-order valence-corrected chi connectivity index (χ1v) is 12.9. The molecule has 234 valence electrons. The molecule has 5 amide bonds. The molecule has 3 N–H and O–H groups in total. The third-order valence-corrected chi connectivity index (χ3v) is 5.62. The van der Waals surface area contributed by atoms with Gasteiger partial charge < -0.3 is 20.0 Å². The Balaban J connectivity index is 1.83. The van der Waals surface area contributed by atoms with E-state index in [4.69, 9.17) is 4.74 Å². The lowest BCUT2D eigenvalue weighted by atomic mass is 10.2. The van der Waals surface area contributed by atoms with Crippen molar-refractivity contribution in [2.75, 3.05) is 19.7 Å². The molecule has 1 aromatic rings. The van der Waals surface area contributed by atoms with Gasteiger partial charge in [0.15, 0.2) is 6.29 Å². The molecule has 43 heavy (non-hydrogen) atoms. The summed E-state index contributed by atoms with van der Waals surface area (Å²) >= 11 is 0. The van der Waals surface area contributed by atoms with Crippen LogP contribution in [-0.4, -0.2) is 82.8 Å². The number of hydrazine groups is 1. The van der Waals surface area contributed by atoms with Crippen LogP contribution in [0.2, 0.25) is 0 Å². The van der Waals surface area contributed by atoms with Crippen molar-refractivity contribution in [2.45, 2.75) is 51.1 Å². The highest BCUT2D eigenvalue weighted by Gasteiger charge is 2.38. The molecular weight excluding hydrogens is 585 g/mol. The molecule has 1 aromatic carbocycles. The maximum absolute atomic E-state index is 12.7. The number of phenols is 1. The Morgan fingerprint density at radius 3 is 2.28 bits per heavy atom. The van der Waals surface area contributed by atoms with Gasteiger partial charge in [-0.2, -0.15) is 13.2 Å². The van der Waals surface area contributed by atoms with Crippen molar-refractivity contribution in [1.29, 1.82) is 0 Å². The molecule has 0 fully saturated rings. The van der Waals surface area contributed by atoms with Gasteiger partial charge in [0.05, 0.1) is 12.2 Å². The summed E-state index contributed by atoms with van der Waals surface area (Å²) in [6.07, 6.45) is -2.00. The molecule has 0 atom stereocenters. The molecule has 0 aliphatic carbocycles. The summed E-state index contributed by atoms with van der Waals surface area (Å²) in [5.41, 5.74) is 2.35. The molecule has 0 spiro atoms. The topological polar surface area (TPSA) is 189 Å². The van der Waals surface area contributed by atoms with Crippen LogP contribution in [0, 0.1) is 0 Å². The normalized spacial score (nSPS) is 12.6. The fourth-order valence-corrected chi connectivity index (χ4v) is 3.44. The first-order chi connectivity index (χ1) is 20.3. The quantitative estimate of drug-likeness (QED) is 0.106. The molecule has 0 saturated heterocycles. The predicted octanol–water partition coefficient (Wildman–Crippen LogP) is 1.24. The monoisotopic (exact) mass is 614 g/mol. The first kappa shape index (κ1) is 34.2. The number of rotatable bonds is 16. The van der Waals surface area contributed by atoms with E-state index in [0.717, 1.165) is 12.2 Å². The lowest BCUT2D eigenvalue weighted by molar-refractivity contribution is -0.197.